The Balaban J connectivity index is 0.00000235. The fourth-order valence-electron chi connectivity index (χ4n) is 3.23. The summed E-state index contributed by atoms with van der Waals surface area (Å²) in [4.78, 5) is 11.3. The number of nitrogens with zero attached hydrogens (tertiary/aromatic N) is 1. The van der Waals surface area contributed by atoms with Crippen molar-refractivity contribution in [1.29, 1.82) is 0 Å². The van der Waals surface area contributed by atoms with Gasteiger partial charge in [-0.3, -0.25) is 0 Å². The van der Waals surface area contributed by atoms with Crippen LogP contribution in [0.1, 0.15) is 59.6 Å². The Bertz CT molecular complexity index is 1230. The smallest absolute Gasteiger partial charge is 0.387 e. The molecule has 1 unspecified atom stereocenters. The number of aliphatic carboxylic acids is 1. The van der Waals surface area contributed by atoms with Gasteiger partial charge < -0.3 is 23.8 Å². The molecule has 0 aliphatic carbocycles. The summed E-state index contributed by atoms with van der Waals surface area (Å²) in [6, 6.07) is 12.0. The van der Waals surface area contributed by atoms with Crippen molar-refractivity contribution in [2.24, 2.45) is 0 Å². The molecule has 9 heteroatoms. The minimum atomic E-state index is -2.85. The molecule has 37 heavy (non-hydrogen) atoms. The van der Waals surface area contributed by atoms with Gasteiger partial charge >= 0.3 is 12.6 Å². The summed E-state index contributed by atoms with van der Waals surface area (Å²) in [6.45, 7) is 7.64. The van der Waals surface area contributed by atoms with E-state index in [4.69, 9.17) is 14.0 Å². The third-order valence-corrected chi connectivity index (χ3v) is 5.14. The number of aromatic nitrogens is 1. The number of benzene rings is 2. The molecule has 0 fully saturated rings. The quantitative estimate of drug-likeness (QED) is 0.203. The molecule has 0 saturated heterocycles. The molecule has 7 nitrogen and oxygen atoms in total. The lowest BCUT2D eigenvalue weighted by molar-refractivity contribution is -0.152. The summed E-state index contributed by atoms with van der Waals surface area (Å²) in [5.41, 5.74) is -0.165. The first-order chi connectivity index (χ1) is 17.6. The third-order valence-electron chi connectivity index (χ3n) is 5.14. The predicted octanol–water partition coefficient (Wildman–Crippen LogP) is 8.08. The molecule has 3 rings (SSSR count). The molecule has 1 atom stereocenters. The molecule has 200 valence electrons. The highest BCUT2D eigenvalue weighted by molar-refractivity contribution is 5.81. The van der Waals surface area contributed by atoms with Crippen LogP contribution in [0.3, 0.4) is 0 Å². The van der Waals surface area contributed by atoms with E-state index >= 15 is 0 Å². The molecule has 0 saturated carbocycles. The first kappa shape index (κ1) is 29.4. The van der Waals surface area contributed by atoms with Crippen LogP contribution in [0.25, 0.3) is 11.0 Å². The van der Waals surface area contributed by atoms with E-state index in [0.29, 0.717) is 28.5 Å². The van der Waals surface area contributed by atoms with Crippen molar-refractivity contribution in [3.8, 4) is 17.2 Å². The maximum absolute atomic E-state index is 12.4. The molecule has 0 amide bonds. The van der Waals surface area contributed by atoms with Crippen molar-refractivity contribution >= 4 is 16.9 Å². The van der Waals surface area contributed by atoms with Crippen molar-refractivity contribution in [3.63, 3.8) is 0 Å². The molecule has 0 radical (unpaired) electrons. The molecule has 1 aromatic heterocycles. The summed E-state index contributed by atoms with van der Waals surface area (Å²) >= 11 is 0. The van der Waals surface area contributed by atoms with Crippen LogP contribution in [0.4, 0.5) is 8.78 Å². The van der Waals surface area contributed by atoms with E-state index in [1.165, 1.54) is 19.9 Å². The molecule has 0 bridgehead atoms. The lowest BCUT2D eigenvalue weighted by atomic mass is 10.0. The van der Waals surface area contributed by atoms with Gasteiger partial charge in [-0.05, 0) is 51.1 Å². The van der Waals surface area contributed by atoms with Crippen molar-refractivity contribution in [1.82, 2.24) is 5.16 Å². The topological polar surface area (TPSA) is 91.0 Å². The van der Waals surface area contributed by atoms with Crippen LogP contribution in [0, 0.1) is 0 Å². The number of hydrogen-bond acceptors (Lipinski definition) is 6. The third kappa shape index (κ3) is 8.34. The molecular formula is C28H33F2NO6. The lowest BCUT2D eigenvalue weighted by Gasteiger charge is -2.21. The molecule has 0 spiro atoms. The highest BCUT2D eigenvalue weighted by Crippen LogP contribution is 2.32. The summed E-state index contributed by atoms with van der Waals surface area (Å²) in [5, 5.41) is 14.2. The molecular weight excluding hydrogens is 484 g/mol. The number of alkyl halides is 2. The monoisotopic (exact) mass is 517 g/mol. The zero-order valence-electron chi connectivity index (χ0n) is 21.8. The number of carboxylic acids is 1. The fourth-order valence-corrected chi connectivity index (χ4v) is 3.23. The highest BCUT2D eigenvalue weighted by atomic mass is 19.3. The average Bonchev–Trinajstić information content (AvgIpc) is 3.27. The Morgan fingerprint density at radius 2 is 1.81 bits per heavy atom. The Labute approximate surface area is 215 Å². The number of allylic oxidation sites excluding steroid dienone is 3. The highest BCUT2D eigenvalue weighted by Gasteiger charge is 2.29. The number of carboxylic acid groups (broad SMARTS) is 1. The first-order valence-corrected chi connectivity index (χ1v) is 12.0. The predicted molar refractivity (Wildman–Crippen MR) is 137 cm³/mol. The molecule has 3 aromatic rings. The fraction of sp³-hybridized carbons (Fsp3) is 0.357. The molecule has 0 aliphatic heterocycles. The molecule has 1 heterocycles. The van der Waals surface area contributed by atoms with Gasteiger partial charge in [-0.25, -0.2) is 4.79 Å². The van der Waals surface area contributed by atoms with Crippen molar-refractivity contribution in [2.75, 3.05) is 0 Å². The minimum absolute atomic E-state index is 0.126. The van der Waals surface area contributed by atoms with Crippen molar-refractivity contribution in [2.45, 2.75) is 66.1 Å². The maximum Gasteiger partial charge on any atom is 0.387 e. The Kier molecular flexibility index (Phi) is 10.7. The summed E-state index contributed by atoms with van der Waals surface area (Å²) in [5.74, 6) is 0.307. The maximum atomic E-state index is 12.4. The summed E-state index contributed by atoms with van der Waals surface area (Å²) < 4.78 is 46.1. The van der Waals surface area contributed by atoms with E-state index in [1.54, 1.807) is 49.4 Å². The van der Waals surface area contributed by atoms with Crippen LogP contribution in [-0.4, -0.2) is 28.4 Å². The normalized spacial score (nSPS) is 12.8. The molecule has 1 N–H and O–H groups in total. The Morgan fingerprint density at radius 1 is 1.14 bits per heavy atom. The van der Waals surface area contributed by atoms with Crippen LogP contribution in [-0.2, 0) is 9.53 Å². The number of carbonyl (C=O) groups is 1. The SMILES string of the molecule is C/C=C(\C/C=C\C(C)c1noc2cc(Oc3cccc(OC(C)(C)C(=O)O)c3)ccc12)OC(F)F.CC. The van der Waals surface area contributed by atoms with Crippen molar-refractivity contribution < 1.29 is 37.4 Å². The van der Waals surface area contributed by atoms with Crippen LogP contribution >= 0.6 is 0 Å². The Morgan fingerprint density at radius 3 is 2.46 bits per heavy atom. The van der Waals surface area contributed by atoms with Gasteiger partial charge in [-0.2, -0.15) is 8.78 Å². The van der Waals surface area contributed by atoms with Gasteiger partial charge in [0, 0.05) is 29.9 Å². The average molecular weight is 518 g/mol. The second-order valence-corrected chi connectivity index (χ2v) is 8.27. The number of ether oxygens (including phenoxy) is 3. The van der Waals surface area contributed by atoms with E-state index < -0.39 is 18.2 Å². The number of fused-ring (bicyclic) bond motifs is 1. The molecule has 0 aliphatic rings. The zero-order valence-corrected chi connectivity index (χ0v) is 21.8. The van der Waals surface area contributed by atoms with Crippen LogP contribution in [0.15, 0.2) is 71.0 Å². The summed E-state index contributed by atoms with van der Waals surface area (Å²) in [7, 11) is 0. The van der Waals surface area contributed by atoms with Crippen LogP contribution in [0.5, 0.6) is 17.2 Å². The lowest BCUT2D eigenvalue weighted by Crippen LogP contribution is -2.37. The number of halogens is 2. The van der Waals surface area contributed by atoms with Crippen molar-refractivity contribution in [3.05, 3.63) is 72.1 Å². The van der Waals surface area contributed by atoms with Crippen LogP contribution < -0.4 is 9.47 Å². The number of rotatable bonds is 11. The van der Waals surface area contributed by atoms with Gasteiger partial charge in [0.25, 0.3) is 0 Å². The second kappa shape index (κ2) is 13.4. The van der Waals surface area contributed by atoms with Gasteiger partial charge in [0.15, 0.2) is 11.2 Å². The van der Waals surface area contributed by atoms with E-state index in [-0.39, 0.29) is 18.1 Å². The van der Waals surface area contributed by atoms with E-state index in [9.17, 15) is 18.7 Å². The van der Waals surface area contributed by atoms with Gasteiger partial charge in [0.05, 0.1) is 5.69 Å². The molecule has 2 aromatic carbocycles. The van der Waals surface area contributed by atoms with Gasteiger partial charge in [0.1, 0.15) is 23.0 Å². The van der Waals surface area contributed by atoms with E-state index in [2.05, 4.69) is 9.89 Å². The van der Waals surface area contributed by atoms with Gasteiger partial charge in [-0.1, -0.05) is 44.1 Å². The van der Waals surface area contributed by atoms with Gasteiger partial charge in [0.2, 0.25) is 0 Å². The standard InChI is InChI=1S/C26H27F2NO6.C2H6/c1-5-17(33-25(27)28)9-6-8-16(2)23-21-13-12-19(15-22(21)35-29-23)32-18-10-7-11-20(14-18)34-26(3,4)24(30)31;1-2/h5-8,10-16,25H,9H2,1-4H3,(H,30,31);1-2H3/b8-6-,17-5+;. The van der Waals surface area contributed by atoms with Gasteiger partial charge in [-0.15, -0.1) is 0 Å². The second-order valence-electron chi connectivity index (χ2n) is 8.27. The summed E-state index contributed by atoms with van der Waals surface area (Å²) in [6.07, 6.45) is 5.35. The Hall–Kier alpha value is -3.88. The first-order valence-electron chi connectivity index (χ1n) is 12.0. The van der Waals surface area contributed by atoms with E-state index in [0.717, 1.165) is 5.39 Å². The van der Waals surface area contributed by atoms with Crippen LogP contribution in [0.2, 0.25) is 0 Å². The zero-order chi connectivity index (χ0) is 27.6. The van der Waals surface area contributed by atoms with E-state index in [1.807, 2.05) is 32.9 Å². The number of hydrogen-bond donors (Lipinski definition) is 1. The largest absolute Gasteiger partial charge is 0.478 e. The minimum Gasteiger partial charge on any atom is -0.478 e.